The van der Waals surface area contributed by atoms with Crippen LogP contribution in [0.1, 0.15) is 44.2 Å². The molecule has 1 saturated heterocycles. The number of hydrogen-bond acceptors (Lipinski definition) is 3. The molecule has 3 nitrogen and oxygen atoms in total. The van der Waals surface area contributed by atoms with E-state index in [1.165, 1.54) is 63.1 Å². The van der Waals surface area contributed by atoms with Crippen molar-refractivity contribution in [1.82, 2.24) is 9.80 Å². The van der Waals surface area contributed by atoms with Crippen LogP contribution in [0.25, 0.3) is 0 Å². The Balaban J connectivity index is 1.88. The van der Waals surface area contributed by atoms with E-state index in [0.717, 1.165) is 18.7 Å². The van der Waals surface area contributed by atoms with Crippen molar-refractivity contribution in [2.24, 2.45) is 0 Å². The number of benzene rings is 1. The molecular formula is C18H31N3. The second kappa shape index (κ2) is 8.40. The maximum Gasteiger partial charge on any atom is 0.0316 e. The molecule has 0 bridgehead atoms. The average Bonchev–Trinajstić information content (AvgIpc) is 2.49. The molecule has 2 rings (SSSR count). The quantitative estimate of drug-likeness (QED) is 0.783. The SMILES string of the molecule is CCCCN1CCN(Cc2ccc(N)cc2CCC)CC1. The number of piperazine rings is 1. The van der Waals surface area contributed by atoms with E-state index in [1.807, 2.05) is 6.07 Å². The number of hydrogen-bond donors (Lipinski definition) is 1. The van der Waals surface area contributed by atoms with Crippen molar-refractivity contribution >= 4 is 5.69 Å². The Labute approximate surface area is 130 Å². The zero-order valence-corrected chi connectivity index (χ0v) is 13.8. The van der Waals surface area contributed by atoms with Gasteiger partial charge in [0.05, 0.1) is 0 Å². The third-order valence-electron chi connectivity index (χ3n) is 4.44. The molecule has 0 aliphatic carbocycles. The normalized spacial score (nSPS) is 17.2. The Morgan fingerprint density at radius 1 is 0.952 bits per heavy atom. The summed E-state index contributed by atoms with van der Waals surface area (Å²) in [5.74, 6) is 0. The van der Waals surface area contributed by atoms with Gasteiger partial charge < -0.3 is 10.6 Å². The lowest BCUT2D eigenvalue weighted by molar-refractivity contribution is 0.126. The van der Waals surface area contributed by atoms with Crippen LogP contribution in [0.2, 0.25) is 0 Å². The van der Waals surface area contributed by atoms with E-state index in [9.17, 15) is 0 Å². The van der Waals surface area contributed by atoms with Gasteiger partial charge in [-0.25, -0.2) is 0 Å². The fraction of sp³-hybridized carbons (Fsp3) is 0.667. The zero-order chi connectivity index (χ0) is 15.1. The largest absolute Gasteiger partial charge is 0.399 e. The van der Waals surface area contributed by atoms with Gasteiger partial charge in [0.15, 0.2) is 0 Å². The first-order valence-electron chi connectivity index (χ1n) is 8.55. The van der Waals surface area contributed by atoms with Gasteiger partial charge in [0.1, 0.15) is 0 Å². The molecule has 2 N–H and O–H groups in total. The molecule has 1 aliphatic rings. The average molecular weight is 289 g/mol. The Morgan fingerprint density at radius 2 is 1.67 bits per heavy atom. The fourth-order valence-corrected chi connectivity index (χ4v) is 3.10. The third kappa shape index (κ3) is 5.01. The molecule has 1 aromatic carbocycles. The van der Waals surface area contributed by atoms with E-state index in [4.69, 9.17) is 5.73 Å². The lowest BCUT2D eigenvalue weighted by Crippen LogP contribution is -2.46. The van der Waals surface area contributed by atoms with E-state index in [2.05, 4.69) is 35.8 Å². The number of unbranched alkanes of at least 4 members (excludes halogenated alkanes) is 1. The smallest absolute Gasteiger partial charge is 0.0316 e. The number of rotatable bonds is 7. The highest BCUT2D eigenvalue weighted by atomic mass is 15.3. The second-order valence-corrected chi connectivity index (χ2v) is 6.25. The van der Waals surface area contributed by atoms with Crippen molar-refractivity contribution in [3.63, 3.8) is 0 Å². The minimum atomic E-state index is 0.895. The summed E-state index contributed by atoms with van der Waals surface area (Å²) in [5.41, 5.74) is 9.73. The lowest BCUT2D eigenvalue weighted by atomic mass is 10.0. The van der Waals surface area contributed by atoms with Crippen molar-refractivity contribution in [2.75, 3.05) is 38.5 Å². The molecule has 1 aromatic rings. The molecule has 0 unspecified atom stereocenters. The Kier molecular flexibility index (Phi) is 6.52. The summed E-state index contributed by atoms with van der Waals surface area (Å²) in [6, 6.07) is 6.44. The van der Waals surface area contributed by atoms with Crippen LogP contribution in [0.5, 0.6) is 0 Å². The van der Waals surface area contributed by atoms with Crippen LogP contribution in [0.15, 0.2) is 18.2 Å². The number of nitrogen functional groups attached to an aromatic ring is 1. The van der Waals surface area contributed by atoms with Gasteiger partial charge in [0.2, 0.25) is 0 Å². The van der Waals surface area contributed by atoms with E-state index in [1.54, 1.807) is 0 Å². The molecule has 0 aromatic heterocycles. The molecule has 0 saturated carbocycles. The summed E-state index contributed by atoms with van der Waals surface area (Å²) < 4.78 is 0. The molecule has 0 spiro atoms. The summed E-state index contributed by atoms with van der Waals surface area (Å²) in [5, 5.41) is 0. The van der Waals surface area contributed by atoms with E-state index in [0.29, 0.717) is 0 Å². The molecule has 1 heterocycles. The van der Waals surface area contributed by atoms with Crippen molar-refractivity contribution in [3.05, 3.63) is 29.3 Å². The summed E-state index contributed by atoms with van der Waals surface area (Å²) in [6.07, 6.45) is 4.95. The molecule has 118 valence electrons. The molecule has 1 aliphatic heterocycles. The Hall–Kier alpha value is -1.06. The number of nitrogens with two attached hydrogens (primary N) is 1. The maximum atomic E-state index is 5.94. The second-order valence-electron chi connectivity index (χ2n) is 6.25. The maximum absolute atomic E-state index is 5.94. The van der Waals surface area contributed by atoms with Gasteiger partial charge >= 0.3 is 0 Å². The summed E-state index contributed by atoms with van der Waals surface area (Å²) >= 11 is 0. The highest BCUT2D eigenvalue weighted by molar-refractivity contribution is 5.44. The van der Waals surface area contributed by atoms with Crippen molar-refractivity contribution < 1.29 is 0 Å². The first-order chi connectivity index (χ1) is 10.2. The highest BCUT2D eigenvalue weighted by Crippen LogP contribution is 2.18. The predicted octanol–water partition coefficient (Wildman–Crippen LogP) is 3.14. The predicted molar refractivity (Wildman–Crippen MR) is 91.5 cm³/mol. The minimum Gasteiger partial charge on any atom is -0.399 e. The first-order valence-corrected chi connectivity index (χ1v) is 8.55. The van der Waals surface area contributed by atoms with Crippen LogP contribution >= 0.6 is 0 Å². The molecule has 21 heavy (non-hydrogen) atoms. The van der Waals surface area contributed by atoms with Crippen LogP contribution in [0, 0.1) is 0 Å². The molecule has 0 amide bonds. The van der Waals surface area contributed by atoms with Gasteiger partial charge in [-0.05, 0) is 42.6 Å². The molecular weight excluding hydrogens is 258 g/mol. The number of nitrogens with zero attached hydrogens (tertiary/aromatic N) is 2. The van der Waals surface area contributed by atoms with Crippen LogP contribution in [-0.2, 0) is 13.0 Å². The van der Waals surface area contributed by atoms with Crippen LogP contribution < -0.4 is 5.73 Å². The van der Waals surface area contributed by atoms with E-state index in [-0.39, 0.29) is 0 Å². The molecule has 3 heteroatoms. The monoisotopic (exact) mass is 289 g/mol. The van der Waals surface area contributed by atoms with E-state index >= 15 is 0 Å². The fourth-order valence-electron chi connectivity index (χ4n) is 3.10. The van der Waals surface area contributed by atoms with Crippen LogP contribution in [0.4, 0.5) is 5.69 Å². The minimum absolute atomic E-state index is 0.895. The standard InChI is InChI=1S/C18H31N3/c1-3-5-9-20-10-12-21(13-11-20)15-17-7-8-18(19)14-16(17)6-4-2/h7-8,14H,3-6,9-13,15,19H2,1-2H3. The van der Waals surface area contributed by atoms with Gasteiger partial charge in [-0.15, -0.1) is 0 Å². The van der Waals surface area contributed by atoms with Crippen molar-refractivity contribution in [3.8, 4) is 0 Å². The van der Waals surface area contributed by atoms with Gasteiger partial charge in [0.25, 0.3) is 0 Å². The lowest BCUT2D eigenvalue weighted by Gasteiger charge is -2.35. The van der Waals surface area contributed by atoms with Gasteiger partial charge in [0, 0.05) is 38.4 Å². The van der Waals surface area contributed by atoms with Gasteiger partial charge in [-0.3, -0.25) is 4.90 Å². The Bertz CT molecular complexity index is 422. The summed E-state index contributed by atoms with van der Waals surface area (Å²) in [7, 11) is 0. The van der Waals surface area contributed by atoms with Crippen LogP contribution in [-0.4, -0.2) is 42.5 Å². The van der Waals surface area contributed by atoms with Gasteiger partial charge in [-0.1, -0.05) is 32.8 Å². The number of anilines is 1. The van der Waals surface area contributed by atoms with Crippen LogP contribution in [0.3, 0.4) is 0 Å². The zero-order valence-electron chi connectivity index (χ0n) is 13.8. The molecule has 0 atom stereocenters. The third-order valence-corrected chi connectivity index (χ3v) is 4.44. The molecule has 0 radical (unpaired) electrons. The summed E-state index contributed by atoms with van der Waals surface area (Å²) in [4.78, 5) is 5.20. The van der Waals surface area contributed by atoms with Crippen molar-refractivity contribution in [2.45, 2.75) is 46.1 Å². The van der Waals surface area contributed by atoms with Gasteiger partial charge in [-0.2, -0.15) is 0 Å². The first kappa shape index (κ1) is 16.3. The van der Waals surface area contributed by atoms with E-state index < -0.39 is 0 Å². The topological polar surface area (TPSA) is 32.5 Å². The van der Waals surface area contributed by atoms with Crippen molar-refractivity contribution in [1.29, 1.82) is 0 Å². The number of aryl methyl sites for hydroxylation is 1. The highest BCUT2D eigenvalue weighted by Gasteiger charge is 2.17. The summed E-state index contributed by atoms with van der Waals surface area (Å²) in [6.45, 7) is 11.7. The molecule has 1 fully saturated rings. The Morgan fingerprint density at radius 3 is 2.33 bits per heavy atom.